The highest BCUT2D eigenvalue weighted by atomic mass is 35.5. The van der Waals surface area contributed by atoms with Crippen molar-refractivity contribution in [2.75, 3.05) is 19.0 Å². The fraction of sp³-hybridized carbons (Fsp3) is 0.250. The van der Waals surface area contributed by atoms with Gasteiger partial charge in [0.25, 0.3) is 0 Å². The molecule has 6 heteroatoms. The number of methoxy groups -OCH3 is 1. The van der Waals surface area contributed by atoms with Gasteiger partial charge >= 0.3 is 0 Å². The van der Waals surface area contributed by atoms with Crippen molar-refractivity contribution in [2.45, 2.75) is 19.3 Å². The Labute approximate surface area is 162 Å². The molecule has 1 aliphatic rings. The van der Waals surface area contributed by atoms with Crippen LogP contribution in [0.25, 0.3) is 16.9 Å². The summed E-state index contributed by atoms with van der Waals surface area (Å²) in [5.41, 5.74) is 3.95. The second kappa shape index (κ2) is 7.22. The molecular formula is C20H19Cl2N3O. The predicted molar refractivity (Wildman–Crippen MR) is 107 cm³/mol. The molecule has 0 saturated carbocycles. The molecule has 0 unspecified atom stereocenters. The number of nitrogens with zero attached hydrogens (tertiary/aromatic N) is 2. The molecule has 4 rings (SSSR count). The highest BCUT2D eigenvalue weighted by Crippen LogP contribution is 2.37. The van der Waals surface area contributed by atoms with Crippen LogP contribution >= 0.6 is 23.2 Å². The Morgan fingerprint density at radius 1 is 1.12 bits per heavy atom. The third kappa shape index (κ3) is 3.15. The van der Waals surface area contributed by atoms with Crippen LogP contribution in [0.4, 0.5) is 5.82 Å². The van der Waals surface area contributed by atoms with Crippen LogP contribution in [0.2, 0.25) is 10.0 Å². The Balaban J connectivity index is 1.93. The number of hydrogen-bond acceptors (Lipinski definition) is 3. The molecule has 1 aliphatic heterocycles. The van der Waals surface area contributed by atoms with Gasteiger partial charge in [-0.3, -0.25) is 0 Å². The van der Waals surface area contributed by atoms with Gasteiger partial charge in [0.2, 0.25) is 0 Å². The quantitative estimate of drug-likeness (QED) is 0.635. The first kappa shape index (κ1) is 17.3. The number of halogens is 2. The molecule has 0 aliphatic carbocycles. The van der Waals surface area contributed by atoms with Crippen molar-refractivity contribution < 1.29 is 4.74 Å². The standard InChI is InChI=1S/C20H19Cl2N3O/c1-26-15-6-4-5-13(11-15)19-16-7-2-3-10-23-20(16)25(24-19)18-12-14(21)8-9-17(18)22/h4-6,8-9,11-12,23H,2-3,7,10H2,1H3. The van der Waals surface area contributed by atoms with Gasteiger partial charge in [-0.15, -0.1) is 0 Å². The first-order valence-corrected chi connectivity index (χ1v) is 9.38. The zero-order valence-corrected chi connectivity index (χ0v) is 15.9. The van der Waals surface area contributed by atoms with Crippen LogP contribution in [-0.4, -0.2) is 23.4 Å². The number of ether oxygens (including phenoxy) is 1. The summed E-state index contributed by atoms with van der Waals surface area (Å²) in [4.78, 5) is 0. The minimum atomic E-state index is 0.614. The zero-order chi connectivity index (χ0) is 18.1. The summed E-state index contributed by atoms with van der Waals surface area (Å²) < 4.78 is 7.26. The number of fused-ring (bicyclic) bond motifs is 1. The van der Waals surface area contributed by atoms with Crippen molar-refractivity contribution in [3.05, 3.63) is 58.1 Å². The lowest BCUT2D eigenvalue weighted by Gasteiger charge is -2.11. The average molecular weight is 388 g/mol. The van der Waals surface area contributed by atoms with E-state index in [0.29, 0.717) is 10.0 Å². The number of anilines is 1. The van der Waals surface area contributed by atoms with Gasteiger partial charge in [-0.1, -0.05) is 35.3 Å². The first-order chi connectivity index (χ1) is 12.7. The SMILES string of the molecule is COc1cccc(-c2nn(-c3cc(Cl)ccc3Cl)c3c2CCCCN3)c1. The summed E-state index contributed by atoms with van der Waals surface area (Å²) >= 11 is 12.7. The molecule has 0 radical (unpaired) electrons. The van der Waals surface area contributed by atoms with E-state index in [-0.39, 0.29) is 0 Å². The fourth-order valence-corrected chi connectivity index (χ4v) is 3.69. The lowest BCUT2D eigenvalue weighted by Crippen LogP contribution is -2.07. The van der Waals surface area contributed by atoms with Gasteiger partial charge in [0.1, 0.15) is 11.6 Å². The van der Waals surface area contributed by atoms with E-state index in [0.717, 1.165) is 54.3 Å². The molecule has 2 aromatic carbocycles. The van der Waals surface area contributed by atoms with Crippen LogP contribution < -0.4 is 10.1 Å². The van der Waals surface area contributed by atoms with Gasteiger partial charge in [0.05, 0.1) is 23.5 Å². The maximum absolute atomic E-state index is 6.45. The van der Waals surface area contributed by atoms with Crippen LogP contribution in [0.3, 0.4) is 0 Å². The van der Waals surface area contributed by atoms with Crippen LogP contribution in [-0.2, 0) is 6.42 Å². The summed E-state index contributed by atoms with van der Waals surface area (Å²) in [6.07, 6.45) is 3.20. The molecular weight excluding hydrogens is 369 g/mol. The monoisotopic (exact) mass is 387 g/mol. The number of nitrogens with one attached hydrogen (secondary N) is 1. The van der Waals surface area contributed by atoms with E-state index in [1.165, 1.54) is 5.56 Å². The van der Waals surface area contributed by atoms with E-state index in [1.54, 1.807) is 19.2 Å². The molecule has 3 aromatic rings. The molecule has 0 fully saturated rings. The van der Waals surface area contributed by atoms with Gasteiger partial charge in [0, 0.05) is 22.7 Å². The average Bonchev–Trinajstić information content (AvgIpc) is 2.84. The molecule has 0 bridgehead atoms. The first-order valence-electron chi connectivity index (χ1n) is 8.63. The molecule has 1 N–H and O–H groups in total. The van der Waals surface area contributed by atoms with Crippen LogP contribution in [0.5, 0.6) is 5.75 Å². The van der Waals surface area contributed by atoms with Crippen molar-refractivity contribution in [3.63, 3.8) is 0 Å². The van der Waals surface area contributed by atoms with Crippen LogP contribution in [0.15, 0.2) is 42.5 Å². The van der Waals surface area contributed by atoms with Gasteiger partial charge in [-0.05, 0) is 49.6 Å². The number of hydrogen-bond donors (Lipinski definition) is 1. The van der Waals surface area contributed by atoms with Crippen molar-refractivity contribution in [1.29, 1.82) is 0 Å². The Kier molecular flexibility index (Phi) is 4.79. The zero-order valence-electron chi connectivity index (χ0n) is 14.4. The summed E-state index contributed by atoms with van der Waals surface area (Å²) in [6, 6.07) is 13.4. The molecule has 0 spiro atoms. The van der Waals surface area contributed by atoms with E-state index in [2.05, 4.69) is 11.4 Å². The summed E-state index contributed by atoms with van der Waals surface area (Å²) in [5.74, 6) is 1.80. The molecule has 26 heavy (non-hydrogen) atoms. The second-order valence-electron chi connectivity index (χ2n) is 6.30. The number of rotatable bonds is 3. The number of benzene rings is 2. The van der Waals surface area contributed by atoms with Gasteiger partial charge in [-0.2, -0.15) is 5.10 Å². The Morgan fingerprint density at radius 3 is 2.85 bits per heavy atom. The van der Waals surface area contributed by atoms with E-state index in [9.17, 15) is 0 Å². The van der Waals surface area contributed by atoms with Crippen molar-refractivity contribution in [3.8, 4) is 22.7 Å². The van der Waals surface area contributed by atoms with E-state index >= 15 is 0 Å². The smallest absolute Gasteiger partial charge is 0.133 e. The highest BCUT2D eigenvalue weighted by molar-refractivity contribution is 6.34. The molecule has 0 atom stereocenters. The molecule has 4 nitrogen and oxygen atoms in total. The fourth-order valence-electron chi connectivity index (χ4n) is 3.33. The summed E-state index contributed by atoms with van der Waals surface area (Å²) in [6.45, 7) is 0.911. The summed E-state index contributed by atoms with van der Waals surface area (Å²) in [7, 11) is 1.67. The minimum absolute atomic E-state index is 0.614. The lowest BCUT2D eigenvalue weighted by atomic mass is 10.0. The van der Waals surface area contributed by atoms with E-state index in [4.69, 9.17) is 33.0 Å². The normalized spacial score (nSPS) is 13.7. The van der Waals surface area contributed by atoms with Crippen molar-refractivity contribution in [1.82, 2.24) is 9.78 Å². The maximum Gasteiger partial charge on any atom is 0.133 e. The molecule has 134 valence electrons. The van der Waals surface area contributed by atoms with Crippen molar-refractivity contribution >= 4 is 29.0 Å². The number of aromatic nitrogens is 2. The third-order valence-electron chi connectivity index (χ3n) is 4.61. The molecule has 0 amide bonds. The molecule has 2 heterocycles. The second-order valence-corrected chi connectivity index (χ2v) is 7.14. The topological polar surface area (TPSA) is 39.1 Å². The third-order valence-corrected chi connectivity index (χ3v) is 5.16. The predicted octanol–water partition coefficient (Wildman–Crippen LogP) is 5.60. The highest BCUT2D eigenvalue weighted by Gasteiger charge is 2.23. The van der Waals surface area contributed by atoms with Gasteiger partial charge in [-0.25, -0.2) is 4.68 Å². The largest absolute Gasteiger partial charge is 0.497 e. The molecule has 0 saturated heterocycles. The lowest BCUT2D eigenvalue weighted by molar-refractivity contribution is 0.415. The van der Waals surface area contributed by atoms with Crippen LogP contribution in [0, 0.1) is 0 Å². The van der Waals surface area contributed by atoms with Crippen molar-refractivity contribution in [2.24, 2.45) is 0 Å². The maximum atomic E-state index is 6.45. The van der Waals surface area contributed by atoms with E-state index < -0.39 is 0 Å². The Hall–Kier alpha value is -2.17. The minimum Gasteiger partial charge on any atom is -0.497 e. The van der Waals surface area contributed by atoms with Crippen LogP contribution in [0.1, 0.15) is 18.4 Å². The summed E-state index contributed by atoms with van der Waals surface area (Å²) in [5, 5.41) is 9.68. The van der Waals surface area contributed by atoms with E-state index in [1.807, 2.05) is 28.9 Å². The molecule has 1 aromatic heterocycles. The Morgan fingerprint density at radius 2 is 2.00 bits per heavy atom. The van der Waals surface area contributed by atoms with Gasteiger partial charge < -0.3 is 10.1 Å². The Bertz CT molecular complexity index is 952. The van der Waals surface area contributed by atoms with Gasteiger partial charge in [0.15, 0.2) is 0 Å².